The number of rotatable bonds is 11. The van der Waals surface area contributed by atoms with Gasteiger partial charge in [0.25, 0.3) is 0 Å². The molecule has 0 saturated carbocycles. The van der Waals surface area contributed by atoms with Gasteiger partial charge in [-0.15, -0.1) is 0 Å². The van der Waals surface area contributed by atoms with Gasteiger partial charge in [0.05, 0.1) is 19.5 Å². The van der Waals surface area contributed by atoms with Crippen LogP contribution >= 0.6 is 31.9 Å². The third-order valence-corrected chi connectivity index (χ3v) is 18.0. The summed E-state index contributed by atoms with van der Waals surface area (Å²) in [6.07, 6.45) is 3.68. The van der Waals surface area contributed by atoms with Gasteiger partial charge in [0.15, 0.2) is 0 Å². The molecule has 12 aromatic rings. The quantitative estimate of drug-likeness (QED) is 0.121. The molecule has 0 amide bonds. The van der Waals surface area contributed by atoms with Crippen LogP contribution in [-0.4, -0.2) is 18.0 Å². The molecule has 12 rings (SSSR count). The molecule has 0 atom stereocenters. The zero-order chi connectivity index (χ0) is 54.3. The highest BCUT2D eigenvalue weighted by Crippen LogP contribution is 2.42. The van der Waals surface area contributed by atoms with Gasteiger partial charge in [-0.3, -0.25) is 9.97 Å². The zero-order valence-electron chi connectivity index (χ0n) is 44.7. The fourth-order valence-corrected chi connectivity index (χ4v) is 13.2. The fourth-order valence-electron chi connectivity index (χ4n) is 10.5. The summed E-state index contributed by atoms with van der Waals surface area (Å²) in [5.41, 5.74) is 24.9. The molecule has 0 aliphatic carbocycles. The summed E-state index contributed by atoms with van der Waals surface area (Å²) in [5, 5.41) is 1.49. The number of hydrogen-bond acceptors (Lipinski definition) is 2. The largest absolute Gasteiger partial charge is 0.256 e. The molecular weight excluding hydrogens is 1100 g/mol. The topological polar surface area (TPSA) is 25.8 Å². The first kappa shape index (κ1) is 52.7. The summed E-state index contributed by atoms with van der Waals surface area (Å²) >= 11 is 7.54. The Bertz CT molecular complexity index is 4010. The van der Waals surface area contributed by atoms with E-state index in [9.17, 15) is 0 Å². The number of aryl methyl sites for hydroxylation is 1. The van der Waals surface area contributed by atoms with Gasteiger partial charge >= 0.3 is 0 Å². The molecule has 0 aliphatic rings. The van der Waals surface area contributed by atoms with E-state index < -0.39 is 8.07 Å². The second-order valence-corrected chi connectivity index (χ2v) is 27.6. The van der Waals surface area contributed by atoms with Gasteiger partial charge in [0.1, 0.15) is 0 Å². The molecule has 0 bridgehead atoms. The maximum atomic E-state index is 4.53. The van der Waals surface area contributed by atoms with Gasteiger partial charge in [0, 0.05) is 32.5 Å². The van der Waals surface area contributed by atoms with Crippen LogP contribution in [0.4, 0.5) is 0 Å². The van der Waals surface area contributed by atoms with Gasteiger partial charge in [-0.2, -0.15) is 0 Å². The molecule has 0 fully saturated rings. The molecule has 0 N–H and O–H groups in total. The Labute approximate surface area is 483 Å². The Morgan fingerprint density at radius 2 is 0.557 bits per heavy atom. The third kappa shape index (κ3) is 11.9. The van der Waals surface area contributed by atoms with Crippen LogP contribution in [0.5, 0.6) is 0 Å². The number of pyridine rings is 2. The number of nitrogens with zero attached hydrogens (tertiary/aromatic N) is 2. The van der Waals surface area contributed by atoms with E-state index in [0.29, 0.717) is 0 Å². The molecular formula is C74H58Br2N2Si. The molecule has 79 heavy (non-hydrogen) atoms. The van der Waals surface area contributed by atoms with E-state index in [1.54, 1.807) is 0 Å². The van der Waals surface area contributed by atoms with E-state index in [0.717, 1.165) is 31.5 Å². The highest BCUT2D eigenvalue weighted by molar-refractivity contribution is 9.11. The second kappa shape index (κ2) is 23.7. The van der Waals surface area contributed by atoms with Crippen molar-refractivity contribution in [1.82, 2.24) is 9.97 Å². The third-order valence-electron chi connectivity index (χ3n) is 14.5. The first-order valence-corrected chi connectivity index (χ1v) is 31.8. The van der Waals surface area contributed by atoms with E-state index in [1.807, 2.05) is 42.7 Å². The van der Waals surface area contributed by atoms with Gasteiger partial charge in [-0.05, 0) is 174 Å². The number of benzene rings is 10. The lowest BCUT2D eigenvalue weighted by Gasteiger charge is -2.22. The summed E-state index contributed by atoms with van der Waals surface area (Å²) in [6.45, 7) is 9.50. The molecule has 0 unspecified atom stereocenters. The van der Waals surface area contributed by atoms with Crippen LogP contribution in [-0.2, 0) is 0 Å². The maximum Gasteiger partial charge on any atom is 0.0784 e. The van der Waals surface area contributed by atoms with E-state index in [2.05, 4.69) is 305 Å². The minimum atomic E-state index is -1.57. The van der Waals surface area contributed by atoms with Crippen molar-refractivity contribution in [3.05, 3.63) is 294 Å². The average Bonchev–Trinajstić information content (AvgIpc) is 3.57. The molecule has 0 saturated heterocycles. The minimum absolute atomic E-state index is 0.978. The van der Waals surface area contributed by atoms with Crippen LogP contribution in [0.25, 0.3) is 112 Å². The van der Waals surface area contributed by atoms with E-state index in [-0.39, 0.29) is 0 Å². The summed E-state index contributed by atoms with van der Waals surface area (Å²) in [7, 11) is -1.57. The van der Waals surface area contributed by atoms with Crippen LogP contribution in [0.2, 0.25) is 19.6 Å². The SMILES string of the molecule is Brc1ccccc1-c1cc(-c2ccccc2Br)cc(-c2ccccc2-c2ccc(-c3ccccn3)cc2)c1.Cc1ccccc1-c1cc(-c2ccccc2-c2ccc(-c3ccccn3)cc2)cc(-c2ccccc2[Si](C)(C)C)c1. The molecule has 0 radical (unpaired) electrons. The summed E-state index contributed by atoms with van der Waals surface area (Å²) in [4.78, 5) is 9.03. The lowest BCUT2D eigenvalue weighted by Crippen LogP contribution is -2.38. The molecule has 2 aromatic heterocycles. The van der Waals surface area contributed by atoms with Crippen LogP contribution in [0.1, 0.15) is 5.56 Å². The molecule has 0 spiro atoms. The number of halogens is 2. The molecule has 2 nitrogen and oxygen atoms in total. The van der Waals surface area contributed by atoms with Gasteiger partial charge in [-0.25, -0.2) is 0 Å². The van der Waals surface area contributed by atoms with Crippen LogP contribution in [0, 0.1) is 6.92 Å². The predicted molar refractivity (Wildman–Crippen MR) is 346 cm³/mol. The first-order valence-electron chi connectivity index (χ1n) is 26.7. The van der Waals surface area contributed by atoms with Crippen molar-refractivity contribution >= 4 is 45.1 Å². The van der Waals surface area contributed by atoms with Crippen LogP contribution in [0.15, 0.2) is 288 Å². The molecule has 382 valence electrons. The lowest BCUT2D eigenvalue weighted by atomic mass is 9.88. The van der Waals surface area contributed by atoms with Crippen molar-refractivity contribution in [3.63, 3.8) is 0 Å². The Morgan fingerprint density at radius 3 is 0.937 bits per heavy atom. The normalized spacial score (nSPS) is 11.2. The number of hydrogen-bond donors (Lipinski definition) is 0. The van der Waals surface area contributed by atoms with Crippen molar-refractivity contribution in [3.8, 4) is 112 Å². The Hall–Kier alpha value is -8.32. The van der Waals surface area contributed by atoms with Crippen LogP contribution < -0.4 is 5.19 Å². The predicted octanol–water partition coefficient (Wildman–Crippen LogP) is 21.2. The van der Waals surface area contributed by atoms with Crippen molar-refractivity contribution in [2.75, 3.05) is 0 Å². The summed E-state index contributed by atoms with van der Waals surface area (Å²) in [6, 6.07) is 95.4. The van der Waals surface area contributed by atoms with Gasteiger partial charge < -0.3 is 0 Å². The fraction of sp³-hybridized carbons (Fsp3) is 0.0541. The smallest absolute Gasteiger partial charge is 0.0784 e. The number of aromatic nitrogens is 2. The van der Waals surface area contributed by atoms with Crippen LogP contribution in [0.3, 0.4) is 0 Å². The molecule has 0 aliphatic heterocycles. The Morgan fingerprint density at radius 1 is 0.266 bits per heavy atom. The van der Waals surface area contributed by atoms with Gasteiger partial charge in [0.2, 0.25) is 0 Å². The van der Waals surface area contributed by atoms with Crippen molar-refractivity contribution in [1.29, 1.82) is 0 Å². The molecule has 10 aromatic carbocycles. The van der Waals surface area contributed by atoms with Crippen molar-refractivity contribution < 1.29 is 0 Å². The summed E-state index contributed by atoms with van der Waals surface area (Å²) in [5.74, 6) is 0. The van der Waals surface area contributed by atoms with E-state index in [4.69, 9.17) is 0 Å². The van der Waals surface area contributed by atoms with E-state index >= 15 is 0 Å². The van der Waals surface area contributed by atoms with E-state index in [1.165, 1.54) is 99.8 Å². The van der Waals surface area contributed by atoms with Crippen molar-refractivity contribution in [2.24, 2.45) is 0 Å². The highest BCUT2D eigenvalue weighted by Gasteiger charge is 2.22. The summed E-state index contributed by atoms with van der Waals surface area (Å²) < 4.78 is 2.15. The van der Waals surface area contributed by atoms with Gasteiger partial charge in [-0.1, -0.05) is 251 Å². The Balaban J connectivity index is 0.000000168. The monoisotopic (exact) mass is 1160 g/mol. The molecule has 5 heteroatoms. The second-order valence-electron chi connectivity index (χ2n) is 20.8. The molecule has 2 heterocycles. The first-order chi connectivity index (χ1) is 38.6. The minimum Gasteiger partial charge on any atom is -0.256 e. The Kier molecular flexibility index (Phi) is 15.8. The highest BCUT2D eigenvalue weighted by atomic mass is 79.9. The zero-order valence-corrected chi connectivity index (χ0v) is 48.9. The maximum absolute atomic E-state index is 4.53. The standard InChI is InChI=1S/C39H35NSi.C35H23Br2N/c1-28-13-5-6-14-34(28)31-25-32(27-33(26-31)37-17-9-10-19-39(37)41(2,3)4)36-16-8-7-15-35(36)29-20-22-30(23-21-29)38-18-11-12-24-40-38;36-33-13-5-3-11-31(33)27-21-26(22-28(23-27)32-12-4-6-14-34(32)37)30-10-2-1-9-29(30)24-16-18-25(19-17-24)35-15-7-8-20-38-35/h5-27H,1-4H3;1-23H. The average molecular weight is 1160 g/mol. The lowest BCUT2D eigenvalue weighted by molar-refractivity contribution is 1.33. The van der Waals surface area contributed by atoms with Crippen molar-refractivity contribution in [2.45, 2.75) is 26.6 Å².